The van der Waals surface area contributed by atoms with Gasteiger partial charge in [-0.2, -0.15) is 12.6 Å². The van der Waals surface area contributed by atoms with E-state index in [2.05, 4.69) is 25.6 Å². The number of carbonyl (C=O) groups excluding carboxylic acids is 1. The Morgan fingerprint density at radius 1 is 1.33 bits per heavy atom. The molecule has 3 nitrogen and oxygen atoms in total. The van der Waals surface area contributed by atoms with E-state index in [0.717, 1.165) is 22.4 Å². The molecule has 0 fully saturated rings. The maximum absolute atomic E-state index is 11.6. The third-order valence-electron chi connectivity index (χ3n) is 3.28. The summed E-state index contributed by atoms with van der Waals surface area (Å²) in [6.45, 7) is 6.70. The lowest BCUT2D eigenvalue weighted by molar-refractivity contribution is -0.127. The molecule has 0 saturated heterocycles. The van der Waals surface area contributed by atoms with Crippen LogP contribution < -0.4 is 4.74 Å². The number of ether oxygens (including phenoxy) is 1. The predicted octanol–water partition coefficient (Wildman–Crippen LogP) is 2.51. The second-order valence-electron chi connectivity index (χ2n) is 4.56. The molecule has 0 aliphatic rings. The first-order valence-electron chi connectivity index (χ1n) is 5.90. The van der Waals surface area contributed by atoms with Crippen molar-refractivity contribution in [1.82, 2.24) is 4.90 Å². The molecular weight excluding hydrogens is 246 g/mol. The van der Waals surface area contributed by atoms with E-state index in [-0.39, 0.29) is 11.7 Å². The van der Waals surface area contributed by atoms with Crippen LogP contribution in [0.25, 0.3) is 0 Å². The molecule has 0 spiro atoms. The van der Waals surface area contributed by atoms with E-state index < -0.39 is 0 Å². The number of thiol groups is 1. The van der Waals surface area contributed by atoms with Crippen molar-refractivity contribution >= 4 is 18.5 Å². The lowest BCUT2D eigenvalue weighted by atomic mass is 9.98. The number of rotatable bonds is 4. The summed E-state index contributed by atoms with van der Waals surface area (Å²) in [5.41, 5.74) is 4.55. The normalized spacial score (nSPS) is 10.3. The van der Waals surface area contributed by atoms with E-state index in [1.807, 2.05) is 13.8 Å². The van der Waals surface area contributed by atoms with Crippen LogP contribution in [0.15, 0.2) is 6.07 Å². The van der Waals surface area contributed by atoms with Crippen LogP contribution in [0.5, 0.6) is 5.75 Å². The number of carbonyl (C=O) groups is 1. The van der Waals surface area contributed by atoms with Crippen LogP contribution in [0.2, 0.25) is 0 Å². The van der Waals surface area contributed by atoms with E-state index in [4.69, 9.17) is 4.74 Å². The number of hydrogen-bond acceptors (Lipinski definition) is 3. The van der Waals surface area contributed by atoms with Gasteiger partial charge in [0.15, 0.2) is 0 Å². The third-order valence-corrected chi connectivity index (χ3v) is 3.55. The number of amides is 1. The minimum absolute atomic E-state index is 0.0121. The van der Waals surface area contributed by atoms with Gasteiger partial charge in [0.05, 0.1) is 12.9 Å². The summed E-state index contributed by atoms with van der Waals surface area (Å²) in [5.74, 6) is 1.12. The van der Waals surface area contributed by atoms with Crippen LogP contribution in [0, 0.1) is 20.8 Å². The maximum Gasteiger partial charge on any atom is 0.232 e. The van der Waals surface area contributed by atoms with Gasteiger partial charge in [0.25, 0.3) is 0 Å². The van der Waals surface area contributed by atoms with Crippen molar-refractivity contribution in [3.8, 4) is 5.75 Å². The first-order chi connectivity index (χ1) is 8.42. The van der Waals surface area contributed by atoms with Gasteiger partial charge in [-0.1, -0.05) is 6.07 Å². The minimum Gasteiger partial charge on any atom is -0.496 e. The summed E-state index contributed by atoms with van der Waals surface area (Å²) in [6, 6.07) is 2.13. The smallest absolute Gasteiger partial charge is 0.232 e. The molecule has 0 radical (unpaired) electrons. The molecule has 0 heterocycles. The Morgan fingerprint density at radius 2 is 1.94 bits per heavy atom. The Balaban J connectivity index is 3.16. The van der Waals surface area contributed by atoms with E-state index in [1.165, 1.54) is 5.56 Å². The molecule has 1 amide bonds. The zero-order valence-corrected chi connectivity index (χ0v) is 12.6. The second-order valence-corrected chi connectivity index (χ2v) is 4.87. The van der Waals surface area contributed by atoms with E-state index in [1.54, 1.807) is 19.1 Å². The van der Waals surface area contributed by atoms with Gasteiger partial charge < -0.3 is 9.64 Å². The van der Waals surface area contributed by atoms with Crippen molar-refractivity contribution in [2.24, 2.45) is 0 Å². The first-order valence-corrected chi connectivity index (χ1v) is 6.54. The standard InChI is InChI=1S/C14H21NO2S/c1-9-6-10(2)12(14(17-5)11(9)3)7-15(4)13(16)8-18/h6,18H,7-8H2,1-5H3. The fraction of sp³-hybridized carbons (Fsp3) is 0.500. The SMILES string of the molecule is COc1c(C)c(C)cc(C)c1CN(C)C(=O)CS. The van der Waals surface area contributed by atoms with Gasteiger partial charge in [0, 0.05) is 19.2 Å². The van der Waals surface area contributed by atoms with Crippen molar-refractivity contribution in [2.45, 2.75) is 27.3 Å². The van der Waals surface area contributed by atoms with E-state index in [9.17, 15) is 4.79 Å². The summed E-state index contributed by atoms with van der Waals surface area (Å²) in [4.78, 5) is 13.3. The second kappa shape index (κ2) is 6.14. The molecule has 100 valence electrons. The fourth-order valence-electron chi connectivity index (χ4n) is 2.02. The Kier molecular flexibility index (Phi) is 5.08. The lowest BCUT2D eigenvalue weighted by Gasteiger charge is -2.22. The summed E-state index contributed by atoms with van der Waals surface area (Å²) in [6.07, 6.45) is 0. The van der Waals surface area contributed by atoms with Gasteiger partial charge >= 0.3 is 0 Å². The Bertz CT molecular complexity index is 458. The summed E-state index contributed by atoms with van der Waals surface area (Å²) in [5, 5.41) is 0. The molecular formula is C14H21NO2S. The van der Waals surface area contributed by atoms with Gasteiger partial charge in [-0.15, -0.1) is 0 Å². The molecule has 0 aliphatic heterocycles. The van der Waals surface area contributed by atoms with Crippen LogP contribution in [-0.2, 0) is 11.3 Å². The van der Waals surface area contributed by atoms with Crippen LogP contribution in [0.4, 0.5) is 0 Å². The van der Waals surface area contributed by atoms with Crippen LogP contribution >= 0.6 is 12.6 Å². The lowest BCUT2D eigenvalue weighted by Crippen LogP contribution is -2.27. The number of benzene rings is 1. The molecule has 0 bridgehead atoms. The van der Waals surface area contributed by atoms with Crippen LogP contribution in [-0.4, -0.2) is 30.7 Å². The fourth-order valence-corrected chi connectivity index (χ4v) is 2.26. The summed E-state index contributed by atoms with van der Waals surface area (Å²) in [7, 11) is 3.46. The zero-order valence-electron chi connectivity index (χ0n) is 11.7. The maximum atomic E-state index is 11.6. The molecule has 1 aromatic carbocycles. The highest BCUT2D eigenvalue weighted by Gasteiger charge is 2.16. The van der Waals surface area contributed by atoms with Gasteiger partial charge in [0.1, 0.15) is 5.75 Å². The van der Waals surface area contributed by atoms with Crippen molar-refractivity contribution in [3.05, 3.63) is 28.3 Å². The Hall–Kier alpha value is -1.16. The molecule has 0 N–H and O–H groups in total. The van der Waals surface area contributed by atoms with E-state index >= 15 is 0 Å². The number of methoxy groups -OCH3 is 1. The van der Waals surface area contributed by atoms with Gasteiger partial charge in [0.2, 0.25) is 5.91 Å². The van der Waals surface area contributed by atoms with E-state index in [0.29, 0.717) is 6.54 Å². The molecule has 1 rings (SSSR count). The Labute approximate surface area is 115 Å². The minimum atomic E-state index is 0.0121. The number of hydrogen-bond donors (Lipinski definition) is 1. The number of nitrogens with zero attached hydrogens (tertiary/aromatic N) is 1. The summed E-state index contributed by atoms with van der Waals surface area (Å²) >= 11 is 4.01. The largest absolute Gasteiger partial charge is 0.496 e. The third kappa shape index (κ3) is 2.99. The van der Waals surface area contributed by atoms with Crippen molar-refractivity contribution in [3.63, 3.8) is 0 Å². The van der Waals surface area contributed by atoms with Gasteiger partial charge in [-0.25, -0.2) is 0 Å². The van der Waals surface area contributed by atoms with Crippen molar-refractivity contribution in [1.29, 1.82) is 0 Å². The highest BCUT2D eigenvalue weighted by molar-refractivity contribution is 7.81. The zero-order chi connectivity index (χ0) is 13.9. The predicted molar refractivity (Wildman–Crippen MR) is 77.5 cm³/mol. The molecule has 0 aliphatic carbocycles. The molecule has 1 aromatic rings. The van der Waals surface area contributed by atoms with Gasteiger partial charge in [-0.05, 0) is 37.5 Å². The first kappa shape index (κ1) is 14.9. The summed E-state index contributed by atoms with van der Waals surface area (Å²) < 4.78 is 5.49. The van der Waals surface area contributed by atoms with Crippen molar-refractivity contribution in [2.75, 3.05) is 19.9 Å². The van der Waals surface area contributed by atoms with Gasteiger partial charge in [-0.3, -0.25) is 4.79 Å². The molecule has 18 heavy (non-hydrogen) atoms. The quantitative estimate of drug-likeness (QED) is 0.849. The van der Waals surface area contributed by atoms with Crippen LogP contribution in [0.1, 0.15) is 22.3 Å². The average molecular weight is 267 g/mol. The molecule has 0 saturated carbocycles. The molecule has 4 heteroatoms. The topological polar surface area (TPSA) is 29.5 Å². The Morgan fingerprint density at radius 3 is 2.44 bits per heavy atom. The molecule has 0 aromatic heterocycles. The van der Waals surface area contributed by atoms with Crippen LogP contribution in [0.3, 0.4) is 0 Å². The highest BCUT2D eigenvalue weighted by Crippen LogP contribution is 2.30. The van der Waals surface area contributed by atoms with Crippen molar-refractivity contribution < 1.29 is 9.53 Å². The average Bonchev–Trinajstić information content (AvgIpc) is 2.35. The molecule has 0 unspecified atom stereocenters. The monoisotopic (exact) mass is 267 g/mol. The number of aryl methyl sites for hydroxylation is 2. The highest BCUT2D eigenvalue weighted by atomic mass is 32.1. The molecule has 0 atom stereocenters.